The maximum atomic E-state index is 11.7. The zero-order valence-corrected chi connectivity index (χ0v) is 10.9. The molecule has 1 nitrogen and oxygen atoms in total. The quantitative estimate of drug-likeness (QED) is 0.576. The standard InChI is InChI=1S/C10H9BrCl2O/c1-5(2)10(14)6-3-4-7(11)9(13)8(6)12/h3-5H,1-2H3. The van der Waals surface area contributed by atoms with E-state index >= 15 is 0 Å². The van der Waals surface area contributed by atoms with Gasteiger partial charge in [0.1, 0.15) is 0 Å². The molecule has 0 aromatic heterocycles. The van der Waals surface area contributed by atoms with Gasteiger partial charge < -0.3 is 0 Å². The maximum Gasteiger partial charge on any atom is 0.166 e. The topological polar surface area (TPSA) is 17.1 Å². The van der Waals surface area contributed by atoms with Gasteiger partial charge in [0.15, 0.2) is 5.78 Å². The molecule has 0 aliphatic carbocycles. The summed E-state index contributed by atoms with van der Waals surface area (Å²) in [6, 6.07) is 3.41. The molecule has 1 aromatic rings. The van der Waals surface area contributed by atoms with Gasteiger partial charge in [-0.3, -0.25) is 4.79 Å². The van der Waals surface area contributed by atoms with Gasteiger partial charge in [0.25, 0.3) is 0 Å². The number of carbonyl (C=O) groups excluding carboxylic acids is 1. The Labute approximate surface area is 102 Å². The molecule has 0 fully saturated rings. The van der Waals surface area contributed by atoms with Crippen molar-refractivity contribution < 1.29 is 4.79 Å². The third-order valence-electron chi connectivity index (χ3n) is 1.83. The molecular weight excluding hydrogens is 287 g/mol. The Hall–Kier alpha value is -0.0500. The average Bonchev–Trinajstić information content (AvgIpc) is 2.13. The van der Waals surface area contributed by atoms with Crippen LogP contribution in [0.25, 0.3) is 0 Å². The first-order valence-corrected chi connectivity index (χ1v) is 5.67. The minimum absolute atomic E-state index is 0.00407. The van der Waals surface area contributed by atoms with Gasteiger partial charge in [-0.15, -0.1) is 0 Å². The smallest absolute Gasteiger partial charge is 0.166 e. The second kappa shape index (κ2) is 4.65. The van der Waals surface area contributed by atoms with E-state index in [1.165, 1.54) is 0 Å². The second-order valence-corrected chi connectivity index (χ2v) is 4.85. The average molecular weight is 296 g/mol. The van der Waals surface area contributed by atoms with Gasteiger partial charge in [0.05, 0.1) is 10.0 Å². The Morgan fingerprint density at radius 3 is 2.36 bits per heavy atom. The molecule has 0 amide bonds. The fourth-order valence-electron chi connectivity index (χ4n) is 1.03. The highest BCUT2D eigenvalue weighted by Crippen LogP contribution is 2.33. The third kappa shape index (κ3) is 2.30. The molecule has 0 saturated carbocycles. The van der Waals surface area contributed by atoms with E-state index in [9.17, 15) is 4.79 Å². The predicted octanol–water partition coefficient (Wildman–Crippen LogP) is 4.59. The number of ketones is 1. The Balaban J connectivity index is 3.24. The summed E-state index contributed by atoms with van der Waals surface area (Å²) in [5.41, 5.74) is 0.481. The number of benzene rings is 1. The van der Waals surface area contributed by atoms with Gasteiger partial charge in [-0.25, -0.2) is 0 Å². The van der Waals surface area contributed by atoms with Gasteiger partial charge >= 0.3 is 0 Å². The molecular formula is C10H9BrCl2O. The maximum absolute atomic E-state index is 11.7. The minimum Gasteiger partial charge on any atom is -0.294 e. The van der Waals surface area contributed by atoms with Crippen molar-refractivity contribution in [3.8, 4) is 0 Å². The first kappa shape index (κ1) is 12.0. The van der Waals surface area contributed by atoms with Crippen LogP contribution < -0.4 is 0 Å². The zero-order chi connectivity index (χ0) is 10.9. The van der Waals surface area contributed by atoms with Gasteiger partial charge in [-0.2, -0.15) is 0 Å². The fraction of sp³-hybridized carbons (Fsp3) is 0.300. The molecule has 4 heteroatoms. The van der Waals surface area contributed by atoms with Crippen LogP contribution in [0.5, 0.6) is 0 Å². The second-order valence-electron chi connectivity index (χ2n) is 3.24. The Morgan fingerprint density at radius 1 is 1.29 bits per heavy atom. The largest absolute Gasteiger partial charge is 0.294 e. The highest BCUT2D eigenvalue weighted by Gasteiger charge is 2.17. The van der Waals surface area contributed by atoms with Crippen molar-refractivity contribution in [1.82, 2.24) is 0 Å². The molecule has 0 aliphatic rings. The molecule has 14 heavy (non-hydrogen) atoms. The molecule has 0 radical (unpaired) electrons. The monoisotopic (exact) mass is 294 g/mol. The number of rotatable bonds is 2. The van der Waals surface area contributed by atoms with Crippen LogP contribution in [0, 0.1) is 5.92 Å². The van der Waals surface area contributed by atoms with Crippen LogP contribution in [-0.2, 0) is 0 Å². The van der Waals surface area contributed by atoms with E-state index in [0.717, 1.165) is 0 Å². The van der Waals surface area contributed by atoms with Crippen molar-refractivity contribution in [2.45, 2.75) is 13.8 Å². The van der Waals surface area contributed by atoms with E-state index < -0.39 is 0 Å². The Morgan fingerprint density at radius 2 is 1.86 bits per heavy atom. The van der Waals surface area contributed by atoms with E-state index in [1.54, 1.807) is 12.1 Å². The Kier molecular flexibility index (Phi) is 3.99. The third-order valence-corrected chi connectivity index (χ3v) is 3.60. The summed E-state index contributed by atoms with van der Waals surface area (Å²) in [6.45, 7) is 3.66. The summed E-state index contributed by atoms with van der Waals surface area (Å²) in [5.74, 6) is -0.0749. The molecule has 76 valence electrons. The van der Waals surface area contributed by atoms with Crippen LogP contribution in [0.2, 0.25) is 10.0 Å². The zero-order valence-electron chi connectivity index (χ0n) is 7.77. The van der Waals surface area contributed by atoms with Gasteiger partial charge in [0.2, 0.25) is 0 Å². The van der Waals surface area contributed by atoms with Crippen molar-refractivity contribution in [2.75, 3.05) is 0 Å². The van der Waals surface area contributed by atoms with Crippen LogP contribution in [0.1, 0.15) is 24.2 Å². The van der Waals surface area contributed by atoms with Crippen molar-refractivity contribution >= 4 is 44.9 Å². The van der Waals surface area contributed by atoms with Gasteiger partial charge in [-0.1, -0.05) is 37.0 Å². The molecule has 1 rings (SSSR count). The fourth-order valence-corrected chi connectivity index (χ4v) is 1.89. The summed E-state index contributed by atoms with van der Waals surface area (Å²) in [4.78, 5) is 11.7. The molecule has 1 aromatic carbocycles. The molecule has 0 atom stereocenters. The van der Waals surface area contributed by atoms with E-state index in [0.29, 0.717) is 20.1 Å². The normalized spacial score (nSPS) is 10.7. The van der Waals surface area contributed by atoms with E-state index in [1.807, 2.05) is 13.8 Å². The molecule has 0 heterocycles. The number of hydrogen-bond acceptors (Lipinski definition) is 1. The van der Waals surface area contributed by atoms with E-state index in [4.69, 9.17) is 23.2 Å². The molecule has 0 N–H and O–H groups in total. The molecule has 0 aliphatic heterocycles. The van der Waals surface area contributed by atoms with Crippen molar-refractivity contribution in [3.05, 3.63) is 32.2 Å². The number of Topliss-reactive ketones (excluding diaryl/α,β-unsaturated/α-hetero) is 1. The molecule has 0 bridgehead atoms. The van der Waals surface area contributed by atoms with Crippen molar-refractivity contribution in [2.24, 2.45) is 5.92 Å². The molecule has 0 saturated heterocycles. The first-order chi connectivity index (χ1) is 6.45. The van der Waals surface area contributed by atoms with Crippen molar-refractivity contribution in [3.63, 3.8) is 0 Å². The Bertz CT molecular complexity index is 375. The van der Waals surface area contributed by atoms with Crippen LogP contribution in [0.15, 0.2) is 16.6 Å². The van der Waals surface area contributed by atoms with Crippen LogP contribution in [0.3, 0.4) is 0 Å². The summed E-state index contributed by atoms with van der Waals surface area (Å²) in [7, 11) is 0. The van der Waals surface area contributed by atoms with Crippen molar-refractivity contribution in [1.29, 1.82) is 0 Å². The number of halogens is 3. The van der Waals surface area contributed by atoms with Crippen LogP contribution in [-0.4, -0.2) is 5.78 Å². The summed E-state index contributed by atoms with van der Waals surface area (Å²) in [5, 5.41) is 0.706. The lowest BCUT2D eigenvalue weighted by molar-refractivity contribution is 0.0939. The van der Waals surface area contributed by atoms with E-state index in [-0.39, 0.29) is 11.7 Å². The summed E-state index contributed by atoms with van der Waals surface area (Å²) in [6.07, 6.45) is 0. The van der Waals surface area contributed by atoms with Gasteiger partial charge in [0, 0.05) is 16.0 Å². The number of carbonyl (C=O) groups is 1. The lowest BCUT2D eigenvalue weighted by Crippen LogP contribution is -2.08. The number of hydrogen-bond donors (Lipinski definition) is 0. The first-order valence-electron chi connectivity index (χ1n) is 4.13. The van der Waals surface area contributed by atoms with Gasteiger partial charge in [-0.05, 0) is 28.1 Å². The lowest BCUT2D eigenvalue weighted by Gasteiger charge is -2.08. The summed E-state index contributed by atoms with van der Waals surface area (Å²) >= 11 is 15.1. The summed E-state index contributed by atoms with van der Waals surface area (Å²) < 4.78 is 0.699. The highest BCUT2D eigenvalue weighted by atomic mass is 79.9. The lowest BCUT2D eigenvalue weighted by atomic mass is 10.0. The van der Waals surface area contributed by atoms with E-state index in [2.05, 4.69) is 15.9 Å². The highest BCUT2D eigenvalue weighted by molar-refractivity contribution is 9.10. The molecule has 0 spiro atoms. The predicted molar refractivity (Wildman–Crippen MR) is 63.3 cm³/mol. The molecule has 0 unspecified atom stereocenters. The minimum atomic E-state index is -0.0789. The van der Waals surface area contributed by atoms with Crippen LogP contribution in [0.4, 0.5) is 0 Å². The SMILES string of the molecule is CC(C)C(=O)c1ccc(Br)c(Cl)c1Cl. The van der Waals surface area contributed by atoms with Crippen LogP contribution >= 0.6 is 39.1 Å².